The lowest BCUT2D eigenvalue weighted by Gasteiger charge is -2.15. The van der Waals surface area contributed by atoms with E-state index < -0.39 is 0 Å². The van der Waals surface area contributed by atoms with Crippen molar-refractivity contribution >= 4 is 35.1 Å². The number of para-hydroxylation sites is 2. The van der Waals surface area contributed by atoms with E-state index in [0.717, 1.165) is 27.7 Å². The molecule has 1 heterocycles. The van der Waals surface area contributed by atoms with Gasteiger partial charge in [0.05, 0.1) is 16.6 Å². The second-order valence-electron chi connectivity index (χ2n) is 6.10. The highest BCUT2D eigenvalue weighted by atomic mass is 32.2. The van der Waals surface area contributed by atoms with Crippen molar-refractivity contribution in [2.24, 2.45) is 0 Å². The SMILES string of the molecule is CSc1ccccc1NC(=O)C(C)Sc1nnc(C)n1-c1ccccc1C. The predicted octanol–water partition coefficient (Wildman–Crippen LogP) is 4.73. The zero-order valence-electron chi connectivity index (χ0n) is 15.8. The van der Waals surface area contributed by atoms with Crippen LogP contribution in [0.5, 0.6) is 0 Å². The quantitative estimate of drug-likeness (QED) is 0.609. The summed E-state index contributed by atoms with van der Waals surface area (Å²) < 4.78 is 2.00. The molecular formula is C20H22N4OS2. The van der Waals surface area contributed by atoms with E-state index in [1.54, 1.807) is 11.8 Å². The molecule has 1 atom stereocenters. The number of thioether (sulfide) groups is 2. The smallest absolute Gasteiger partial charge is 0.237 e. The molecule has 0 radical (unpaired) electrons. The number of hydrogen-bond acceptors (Lipinski definition) is 5. The minimum atomic E-state index is -0.314. The summed E-state index contributed by atoms with van der Waals surface area (Å²) in [4.78, 5) is 13.8. The maximum absolute atomic E-state index is 12.7. The number of hydrogen-bond donors (Lipinski definition) is 1. The number of aryl methyl sites for hydroxylation is 2. The van der Waals surface area contributed by atoms with E-state index in [9.17, 15) is 4.79 Å². The van der Waals surface area contributed by atoms with Crippen molar-refractivity contribution < 1.29 is 4.79 Å². The monoisotopic (exact) mass is 398 g/mol. The highest BCUT2D eigenvalue weighted by Gasteiger charge is 2.21. The van der Waals surface area contributed by atoms with Gasteiger partial charge in [-0.3, -0.25) is 9.36 Å². The maximum atomic E-state index is 12.7. The lowest BCUT2D eigenvalue weighted by molar-refractivity contribution is -0.115. The molecule has 0 aliphatic heterocycles. The average Bonchev–Trinajstić information content (AvgIpc) is 3.02. The third-order valence-corrected chi connectivity index (χ3v) is 6.01. The summed E-state index contributed by atoms with van der Waals surface area (Å²) in [7, 11) is 0. The number of rotatable bonds is 6. The highest BCUT2D eigenvalue weighted by Crippen LogP contribution is 2.29. The first kappa shape index (κ1) is 19.5. The Labute approximate surface area is 168 Å². The number of carbonyl (C=O) groups excluding carboxylic acids is 1. The molecule has 1 unspecified atom stereocenters. The molecule has 1 N–H and O–H groups in total. The Bertz CT molecular complexity index is 955. The summed E-state index contributed by atoms with van der Waals surface area (Å²) in [6, 6.07) is 15.9. The summed E-state index contributed by atoms with van der Waals surface area (Å²) >= 11 is 3.02. The van der Waals surface area contributed by atoms with Gasteiger partial charge in [-0.25, -0.2) is 0 Å². The van der Waals surface area contributed by atoms with Crippen LogP contribution >= 0.6 is 23.5 Å². The van der Waals surface area contributed by atoms with Gasteiger partial charge in [0.2, 0.25) is 5.91 Å². The van der Waals surface area contributed by atoms with E-state index in [0.29, 0.717) is 5.16 Å². The third kappa shape index (κ3) is 4.36. The Hall–Kier alpha value is -2.25. The van der Waals surface area contributed by atoms with Crippen LogP contribution in [0, 0.1) is 13.8 Å². The first-order chi connectivity index (χ1) is 13.0. The molecule has 0 spiro atoms. The fourth-order valence-corrected chi connectivity index (χ4v) is 4.16. The van der Waals surface area contributed by atoms with E-state index in [2.05, 4.69) is 28.5 Å². The van der Waals surface area contributed by atoms with E-state index in [1.165, 1.54) is 11.8 Å². The first-order valence-electron chi connectivity index (χ1n) is 8.60. The Kier molecular flexibility index (Phi) is 6.23. The van der Waals surface area contributed by atoms with Crippen molar-refractivity contribution in [3.05, 3.63) is 59.9 Å². The van der Waals surface area contributed by atoms with Gasteiger partial charge >= 0.3 is 0 Å². The number of carbonyl (C=O) groups is 1. The summed E-state index contributed by atoms with van der Waals surface area (Å²) in [6.45, 7) is 5.86. The Morgan fingerprint density at radius 3 is 2.52 bits per heavy atom. The number of nitrogens with zero attached hydrogens (tertiary/aromatic N) is 3. The number of nitrogens with one attached hydrogen (secondary N) is 1. The molecule has 0 bridgehead atoms. The minimum absolute atomic E-state index is 0.0570. The molecule has 0 aliphatic rings. The number of aromatic nitrogens is 3. The third-order valence-electron chi connectivity index (χ3n) is 4.17. The summed E-state index contributed by atoms with van der Waals surface area (Å²) in [6.07, 6.45) is 2.00. The Morgan fingerprint density at radius 1 is 1.07 bits per heavy atom. The topological polar surface area (TPSA) is 59.8 Å². The normalized spacial score (nSPS) is 12.0. The maximum Gasteiger partial charge on any atom is 0.237 e. The zero-order valence-corrected chi connectivity index (χ0v) is 17.4. The van der Waals surface area contributed by atoms with E-state index >= 15 is 0 Å². The minimum Gasteiger partial charge on any atom is -0.324 e. The fourth-order valence-electron chi connectivity index (χ4n) is 2.70. The number of anilines is 1. The Morgan fingerprint density at radius 2 is 1.78 bits per heavy atom. The lowest BCUT2D eigenvalue weighted by atomic mass is 10.2. The van der Waals surface area contributed by atoms with Crippen molar-refractivity contribution in [3.8, 4) is 5.69 Å². The molecule has 1 amide bonds. The van der Waals surface area contributed by atoms with Gasteiger partial charge in [-0.1, -0.05) is 42.1 Å². The van der Waals surface area contributed by atoms with Crippen LogP contribution in [0.3, 0.4) is 0 Å². The molecule has 1 aromatic heterocycles. The van der Waals surface area contributed by atoms with Crippen LogP contribution in [0.25, 0.3) is 5.69 Å². The lowest BCUT2D eigenvalue weighted by Crippen LogP contribution is -2.23. The average molecular weight is 399 g/mol. The van der Waals surface area contributed by atoms with Gasteiger partial charge in [0, 0.05) is 4.90 Å². The predicted molar refractivity (Wildman–Crippen MR) is 113 cm³/mol. The largest absolute Gasteiger partial charge is 0.324 e. The van der Waals surface area contributed by atoms with Crippen LogP contribution in [-0.4, -0.2) is 32.2 Å². The number of benzene rings is 2. The summed E-state index contributed by atoms with van der Waals surface area (Å²) in [5, 5.41) is 11.9. The Balaban J connectivity index is 1.80. The molecule has 140 valence electrons. The standard InChI is InChI=1S/C20H22N4OS2/c1-13-9-5-7-11-17(13)24-15(3)22-23-20(24)27-14(2)19(25)21-16-10-6-8-12-18(16)26-4/h5-12,14H,1-4H3,(H,21,25). The molecule has 2 aromatic carbocycles. The van der Waals surface area contributed by atoms with Crippen LogP contribution < -0.4 is 5.32 Å². The molecule has 3 rings (SSSR count). The fraction of sp³-hybridized carbons (Fsp3) is 0.250. The van der Waals surface area contributed by atoms with Crippen LogP contribution in [-0.2, 0) is 4.79 Å². The zero-order chi connectivity index (χ0) is 19.4. The summed E-state index contributed by atoms with van der Waals surface area (Å²) in [5.41, 5.74) is 3.00. The van der Waals surface area contributed by atoms with Crippen LogP contribution in [0.15, 0.2) is 58.6 Å². The molecular weight excluding hydrogens is 376 g/mol. The van der Waals surface area contributed by atoms with Gasteiger partial charge < -0.3 is 5.32 Å². The van der Waals surface area contributed by atoms with Crippen molar-refractivity contribution in [3.63, 3.8) is 0 Å². The van der Waals surface area contributed by atoms with Crippen molar-refractivity contribution in [2.75, 3.05) is 11.6 Å². The molecule has 0 saturated heterocycles. The molecule has 0 aliphatic carbocycles. The van der Waals surface area contributed by atoms with Gasteiger partial charge in [0.1, 0.15) is 5.82 Å². The van der Waals surface area contributed by atoms with Crippen LogP contribution in [0.1, 0.15) is 18.3 Å². The highest BCUT2D eigenvalue weighted by molar-refractivity contribution is 8.00. The van der Waals surface area contributed by atoms with Gasteiger partial charge in [-0.2, -0.15) is 0 Å². The van der Waals surface area contributed by atoms with E-state index in [1.807, 2.05) is 67.1 Å². The van der Waals surface area contributed by atoms with Gasteiger partial charge in [0.15, 0.2) is 5.16 Å². The molecule has 5 nitrogen and oxygen atoms in total. The second-order valence-corrected chi connectivity index (χ2v) is 8.26. The second kappa shape index (κ2) is 8.63. The van der Waals surface area contributed by atoms with Crippen LogP contribution in [0.2, 0.25) is 0 Å². The van der Waals surface area contributed by atoms with Crippen molar-refractivity contribution in [1.29, 1.82) is 0 Å². The molecule has 7 heteroatoms. The first-order valence-corrected chi connectivity index (χ1v) is 10.7. The number of amides is 1. The van der Waals surface area contributed by atoms with Crippen LogP contribution in [0.4, 0.5) is 5.69 Å². The van der Waals surface area contributed by atoms with E-state index in [4.69, 9.17) is 0 Å². The molecule has 27 heavy (non-hydrogen) atoms. The van der Waals surface area contributed by atoms with Crippen molar-refractivity contribution in [1.82, 2.24) is 14.8 Å². The molecule has 0 fully saturated rings. The van der Waals surface area contributed by atoms with Crippen molar-refractivity contribution in [2.45, 2.75) is 36.1 Å². The van der Waals surface area contributed by atoms with E-state index in [-0.39, 0.29) is 11.2 Å². The van der Waals surface area contributed by atoms with Gasteiger partial charge in [-0.15, -0.1) is 22.0 Å². The summed E-state index contributed by atoms with van der Waals surface area (Å²) in [5.74, 6) is 0.741. The van der Waals surface area contributed by atoms with Gasteiger partial charge in [0.25, 0.3) is 0 Å². The molecule has 0 saturated carbocycles. The molecule has 3 aromatic rings. The van der Waals surface area contributed by atoms with Gasteiger partial charge in [-0.05, 0) is 50.8 Å².